The molecule has 4 nitrogen and oxygen atoms in total. The monoisotopic (exact) mass is 356 g/mol. The average molecular weight is 357 g/mol. The lowest BCUT2D eigenvalue weighted by molar-refractivity contribution is -0.105. The molecule has 0 aromatic carbocycles. The summed E-state index contributed by atoms with van der Waals surface area (Å²) in [6.07, 6.45) is 10.4. The van der Waals surface area contributed by atoms with E-state index < -0.39 is 10.4 Å². The maximum absolute atomic E-state index is 11.1. The van der Waals surface area contributed by atoms with E-state index in [4.69, 9.17) is 8.74 Å². The van der Waals surface area contributed by atoms with Crippen molar-refractivity contribution < 1.29 is 17.2 Å². The molecule has 4 aliphatic carbocycles. The van der Waals surface area contributed by atoms with Crippen molar-refractivity contribution in [3.8, 4) is 0 Å². The van der Waals surface area contributed by atoms with Gasteiger partial charge in [0.25, 0.3) is 0 Å². The molecule has 0 aliphatic heterocycles. The first-order valence-corrected chi connectivity index (χ1v) is 11.3. The summed E-state index contributed by atoms with van der Waals surface area (Å²) >= 11 is 0. The van der Waals surface area contributed by atoms with Crippen LogP contribution in [-0.2, 0) is 14.6 Å². The summed E-state index contributed by atoms with van der Waals surface area (Å²) in [6.45, 7) is 4.92. The Labute approximate surface area is 146 Å². The third-order valence-electron chi connectivity index (χ3n) is 8.55. The van der Waals surface area contributed by atoms with Gasteiger partial charge in [0.15, 0.2) is 0 Å². The van der Waals surface area contributed by atoms with E-state index in [9.17, 15) is 8.42 Å². The van der Waals surface area contributed by atoms with Crippen LogP contribution >= 0.6 is 0 Å². The first kappa shape index (κ1) is 17.3. The molecule has 0 amide bonds. The maximum Gasteiger partial charge on any atom is 0.397 e. The maximum atomic E-state index is 11.1. The second kappa shape index (κ2) is 5.95. The van der Waals surface area contributed by atoms with Gasteiger partial charge in [0.1, 0.15) is 0 Å². The molecule has 0 spiro atoms. The number of rotatable bonds is 2. The van der Waals surface area contributed by atoms with Crippen molar-refractivity contribution in [3.05, 3.63) is 0 Å². The standard InChI is InChI=1S/C19H32O4S/c1-12-3-5-16-15(12)7-8-18-17(16)6-4-13-11-14(23-24(20,21)22)9-10-19(13,18)2/h12-18H,3-11H2,1-2H3,(H,20,21,22)/t12-,13-,14-,15+,16-,17-,18+,19+/m1/s1. The third-order valence-corrected chi connectivity index (χ3v) is 9.07. The molecule has 4 rings (SSSR count). The fourth-order valence-corrected chi connectivity index (χ4v) is 7.94. The normalized spacial score (nSPS) is 51.5. The van der Waals surface area contributed by atoms with Crippen molar-refractivity contribution in [3.63, 3.8) is 0 Å². The van der Waals surface area contributed by atoms with E-state index in [1.807, 2.05) is 0 Å². The summed E-state index contributed by atoms with van der Waals surface area (Å²) in [5.41, 5.74) is 0.346. The number of hydrogen-bond donors (Lipinski definition) is 1. The van der Waals surface area contributed by atoms with E-state index in [2.05, 4.69) is 13.8 Å². The van der Waals surface area contributed by atoms with Gasteiger partial charge >= 0.3 is 10.4 Å². The molecule has 0 aromatic heterocycles. The lowest BCUT2D eigenvalue weighted by atomic mass is 9.47. The van der Waals surface area contributed by atoms with Gasteiger partial charge < -0.3 is 0 Å². The highest BCUT2D eigenvalue weighted by Gasteiger charge is 2.56. The van der Waals surface area contributed by atoms with Crippen molar-refractivity contribution in [2.75, 3.05) is 0 Å². The minimum Gasteiger partial charge on any atom is -0.264 e. The van der Waals surface area contributed by atoms with Crippen LogP contribution in [0.1, 0.15) is 71.6 Å². The molecule has 0 radical (unpaired) electrons. The van der Waals surface area contributed by atoms with E-state index in [0.29, 0.717) is 11.3 Å². The van der Waals surface area contributed by atoms with E-state index >= 15 is 0 Å². The number of fused-ring (bicyclic) bond motifs is 5. The lowest BCUT2D eigenvalue weighted by Crippen LogP contribution is -2.52. The van der Waals surface area contributed by atoms with Gasteiger partial charge in [-0.05, 0) is 92.3 Å². The Bertz CT molecular complexity index is 588. The Balaban J connectivity index is 1.50. The highest BCUT2D eigenvalue weighted by molar-refractivity contribution is 7.80. The average Bonchev–Trinajstić information content (AvgIpc) is 2.88. The van der Waals surface area contributed by atoms with Gasteiger partial charge in [-0.1, -0.05) is 20.3 Å². The molecule has 5 heteroatoms. The Morgan fingerprint density at radius 1 is 0.958 bits per heavy atom. The van der Waals surface area contributed by atoms with Crippen LogP contribution in [0.4, 0.5) is 0 Å². The highest BCUT2D eigenvalue weighted by atomic mass is 32.3. The van der Waals surface area contributed by atoms with Crippen LogP contribution in [0.5, 0.6) is 0 Å². The molecular weight excluding hydrogens is 324 g/mol. The van der Waals surface area contributed by atoms with Crippen LogP contribution in [0.15, 0.2) is 0 Å². The summed E-state index contributed by atoms with van der Waals surface area (Å²) in [5, 5.41) is 0. The molecule has 0 heterocycles. The molecular formula is C19H32O4S. The third kappa shape index (κ3) is 2.84. The van der Waals surface area contributed by atoms with Crippen LogP contribution in [0.25, 0.3) is 0 Å². The zero-order chi connectivity index (χ0) is 17.1. The van der Waals surface area contributed by atoms with Crippen LogP contribution in [-0.4, -0.2) is 19.1 Å². The van der Waals surface area contributed by atoms with Crippen molar-refractivity contribution in [2.24, 2.45) is 40.9 Å². The summed E-state index contributed by atoms with van der Waals surface area (Å²) in [5.74, 6) is 5.09. The van der Waals surface area contributed by atoms with E-state index in [-0.39, 0.29) is 6.10 Å². The summed E-state index contributed by atoms with van der Waals surface area (Å²) in [4.78, 5) is 0. The van der Waals surface area contributed by atoms with Crippen LogP contribution in [0.2, 0.25) is 0 Å². The molecule has 1 N–H and O–H groups in total. The van der Waals surface area contributed by atoms with Gasteiger partial charge in [-0.3, -0.25) is 4.55 Å². The molecule has 24 heavy (non-hydrogen) atoms. The van der Waals surface area contributed by atoms with Gasteiger partial charge in [-0.2, -0.15) is 8.42 Å². The highest BCUT2D eigenvalue weighted by Crippen LogP contribution is 2.63. The molecule has 0 unspecified atom stereocenters. The van der Waals surface area contributed by atoms with Crippen molar-refractivity contribution in [2.45, 2.75) is 77.7 Å². The van der Waals surface area contributed by atoms with E-state index in [1.165, 1.54) is 38.5 Å². The van der Waals surface area contributed by atoms with E-state index in [0.717, 1.165) is 48.9 Å². The van der Waals surface area contributed by atoms with Gasteiger partial charge in [-0.25, -0.2) is 4.18 Å². The first-order chi connectivity index (χ1) is 11.3. The van der Waals surface area contributed by atoms with Crippen molar-refractivity contribution in [1.29, 1.82) is 0 Å². The summed E-state index contributed by atoms with van der Waals surface area (Å²) in [7, 11) is -4.32. The molecule has 8 atom stereocenters. The fraction of sp³-hybridized carbons (Fsp3) is 1.00. The fourth-order valence-electron chi connectivity index (χ4n) is 7.42. The molecule has 0 saturated heterocycles. The molecule has 4 saturated carbocycles. The molecule has 4 aliphatic rings. The second-order valence-electron chi connectivity index (χ2n) is 9.43. The Hall–Kier alpha value is -0.130. The topological polar surface area (TPSA) is 63.6 Å². The smallest absolute Gasteiger partial charge is 0.264 e. The largest absolute Gasteiger partial charge is 0.397 e. The molecule has 0 bridgehead atoms. The minimum atomic E-state index is -4.32. The summed E-state index contributed by atoms with van der Waals surface area (Å²) < 4.78 is 36.0. The molecule has 138 valence electrons. The zero-order valence-corrected chi connectivity index (χ0v) is 15.8. The van der Waals surface area contributed by atoms with Gasteiger partial charge in [-0.15, -0.1) is 0 Å². The number of hydrogen-bond acceptors (Lipinski definition) is 3. The molecule has 4 fully saturated rings. The van der Waals surface area contributed by atoms with Crippen molar-refractivity contribution >= 4 is 10.4 Å². The zero-order valence-electron chi connectivity index (χ0n) is 15.0. The van der Waals surface area contributed by atoms with Gasteiger partial charge in [0.2, 0.25) is 0 Å². The van der Waals surface area contributed by atoms with Crippen LogP contribution < -0.4 is 0 Å². The van der Waals surface area contributed by atoms with Crippen LogP contribution in [0.3, 0.4) is 0 Å². The van der Waals surface area contributed by atoms with Gasteiger partial charge in [0, 0.05) is 0 Å². The predicted molar refractivity (Wildman–Crippen MR) is 92.7 cm³/mol. The molecule has 0 aromatic rings. The Morgan fingerprint density at radius 3 is 2.42 bits per heavy atom. The lowest BCUT2D eigenvalue weighted by Gasteiger charge is -2.59. The predicted octanol–water partition coefficient (Wildman–Crippen LogP) is 4.46. The van der Waals surface area contributed by atoms with Crippen LogP contribution in [0, 0.1) is 40.9 Å². The quantitative estimate of drug-likeness (QED) is 0.742. The minimum absolute atomic E-state index is 0.322. The SMILES string of the molecule is C[C@@H]1CC[C@@H]2[C@H]1CC[C@H]1[C@@H]2CC[C@@H]2C[C@H](OS(=O)(=O)O)CC[C@@]21C. The van der Waals surface area contributed by atoms with Gasteiger partial charge in [0.05, 0.1) is 6.10 Å². The summed E-state index contributed by atoms with van der Waals surface area (Å²) in [6, 6.07) is 0. The second-order valence-corrected chi connectivity index (χ2v) is 10.5. The first-order valence-electron chi connectivity index (χ1n) is 9.93. The Morgan fingerprint density at radius 2 is 1.67 bits per heavy atom. The Kier molecular flexibility index (Phi) is 4.29. The van der Waals surface area contributed by atoms with Crippen molar-refractivity contribution in [1.82, 2.24) is 0 Å². The van der Waals surface area contributed by atoms with E-state index in [1.54, 1.807) is 0 Å².